The van der Waals surface area contributed by atoms with Crippen LogP contribution in [0.1, 0.15) is 13.8 Å². The van der Waals surface area contributed by atoms with E-state index in [1.807, 2.05) is 13.8 Å². The molecule has 1 heterocycles. The maximum absolute atomic E-state index is 11.3. The number of carbonyl (C=O) groups is 1. The monoisotopic (exact) mass is 229 g/mol. The summed E-state index contributed by atoms with van der Waals surface area (Å²) in [6, 6.07) is 0.216. The fourth-order valence-electron chi connectivity index (χ4n) is 1.64. The predicted octanol–water partition coefficient (Wildman–Crippen LogP) is -0.567. The smallest absolute Gasteiger partial charge is 0.234 e. The van der Waals surface area contributed by atoms with Crippen LogP contribution in [0.25, 0.3) is 0 Å². The topological polar surface area (TPSA) is 53.6 Å². The third kappa shape index (κ3) is 6.05. The van der Waals surface area contributed by atoms with Gasteiger partial charge in [-0.1, -0.05) is 0 Å². The zero-order valence-corrected chi connectivity index (χ0v) is 10.3. The first-order valence-corrected chi connectivity index (χ1v) is 5.98. The predicted molar refractivity (Wildman–Crippen MR) is 63.4 cm³/mol. The fourth-order valence-corrected chi connectivity index (χ4v) is 1.64. The molecule has 1 aliphatic heterocycles. The molecule has 0 aromatic carbocycles. The Morgan fingerprint density at radius 2 is 2.06 bits per heavy atom. The zero-order valence-electron chi connectivity index (χ0n) is 10.3. The van der Waals surface area contributed by atoms with Crippen molar-refractivity contribution in [1.29, 1.82) is 0 Å². The lowest BCUT2D eigenvalue weighted by atomic mass is 10.4. The lowest BCUT2D eigenvalue weighted by Crippen LogP contribution is -2.43. The van der Waals surface area contributed by atoms with Crippen LogP contribution in [0.4, 0.5) is 0 Å². The molecule has 0 radical (unpaired) electrons. The van der Waals surface area contributed by atoms with Gasteiger partial charge in [-0.25, -0.2) is 0 Å². The molecule has 1 amide bonds. The Kier molecular flexibility index (Phi) is 6.37. The Labute approximate surface area is 97.5 Å². The number of nitrogens with zero attached hydrogens (tertiary/aromatic N) is 1. The van der Waals surface area contributed by atoms with Crippen molar-refractivity contribution in [2.45, 2.75) is 19.9 Å². The minimum atomic E-state index is 0.0666. The molecule has 16 heavy (non-hydrogen) atoms. The summed E-state index contributed by atoms with van der Waals surface area (Å²) in [6.45, 7) is 9.82. The van der Waals surface area contributed by atoms with E-state index in [0.717, 1.165) is 39.4 Å². The average molecular weight is 229 g/mol. The SMILES string of the molecule is CC(C)NC(=O)CNCCN1CCOCC1. The van der Waals surface area contributed by atoms with Crippen LogP contribution in [0.3, 0.4) is 0 Å². The first-order chi connectivity index (χ1) is 7.68. The van der Waals surface area contributed by atoms with Crippen LogP contribution < -0.4 is 10.6 Å². The molecule has 0 bridgehead atoms. The highest BCUT2D eigenvalue weighted by atomic mass is 16.5. The number of amides is 1. The van der Waals surface area contributed by atoms with Gasteiger partial charge in [-0.3, -0.25) is 9.69 Å². The van der Waals surface area contributed by atoms with Gasteiger partial charge in [0.25, 0.3) is 0 Å². The second kappa shape index (κ2) is 7.60. The van der Waals surface area contributed by atoms with Crippen LogP contribution >= 0.6 is 0 Å². The van der Waals surface area contributed by atoms with Crippen LogP contribution in [-0.4, -0.2) is 62.8 Å². The summed E-state index contributed by atoms with van der Waals surface area (Å²) < 4.78 is 5.26. The number of morpholine rings is 1. The quantitative estimate of drug-likeness (QED) is 0.599. The summed E-state index contributed by atoms with van der Waals surface area (Å²) in [5, 5.41) is 5.99. The van der Waals surface area contributed by atoms with Crippen LogP contribution in [0.5, 0.6) is 0 Å². The van der Waals surface area contributed by atoms with E-state index in [0.29, 0.717) is 6.54 Å². The summed E-state index contributed by atoms with van der Waals surface area (Å²) in [4.78, 5) is 13.6. The molecule has 0 atom stereocenters. The van der Waals surface area contributed by atoms with Gasteiger partial charge in [-0.2, -0.15) is 0 Å². The van der Waals surface area contributed by atoms with Crippen molar-refractivity contribution in [3.05, 3.63) is 0 Å². The Bertz CT molecular complexity index is 203. The minimum absolute atomic E-state index is 0.0666. The van der Waals surface area contributed by atoms with Crippen LogP contribution in [-0.2, 0) is 9.53 Å². The van der Waals surface area contributed by atoms with Crippen molar-refractivity contribution in [2.75, 3.05) is 45.9 Å². The largest absolute Gasteiger partial charge is 0.379 e. The first-order valence-electron chi connectivity index (χ1n) is 5.98. The third-order valence-electron chi connectivity index (χ3n) is 2.44. The Hall–Kier alpha value is -0.650. The van der Waals surface area contributed by atoms with Crippen LogP contribution in [0.15, 0.2) is 0 Å². The first kappa shape index (κ1) is 13.4. The maximum atomic E-state index is 11.3. The van der Waals surface area contributed by atoms with Crippen LogP contribution in [0.2, 0.25) is 0 Å². The highest BCUT2D eigenvalue weighted by molar-refractivity contribution is 5.78. The standard InChI is InChI=1S/C11H23N3O2/c1-10(2)13-11(15)9-12-3-4-14-5-7-16-8-6-14/h10,12H,3-9H2,1-2H3,(H,13,15). The molecule has 5 heteroatoms. The van der Waals surface area contributed by atoms with Crippen molar-refractivity contribution < 1.29 is 9.53 Å². The number of carbonyl (C=O) groups excluding carboxylic acids is 1. The van der Waals surface area contributed by atoms with Crippen molar-refractivity contribution in [3.63, 3.8) is 0 Å². The molecular formula is C11H23N3O2. The molecule has 0 aromatic heterocycles. The summed E-state index contributed by atoms with van der Waals surface area (Å²) in [5.41, 5.74) is 0. The molecule has 5 nitrogen and oxygen atoms in total. The van der Waals surface area contributed by atoms with Gasteiger partial charge >= 0.3 is 0 Å². The van der Waals surface area contributed by atoms with E-state index in [2.05, 4.69) is 15.5 Å². The Balaban J connectivity index is 1.96. The minimum Gasteiger partial charge on any atom is -0.379 e. The summed E-state index contributed by atoms with van der Waals surface area (Å²) >= 11 is 0. The van der Waals surface area contributed by atoms with Gasteiger partial charge in [0, 0.05) is 32.2 Å². The van der Waals surface area contributed by atoms with E-state index >= 15 is 0 Å². The van der Waals surface area contributed by atoms with E-state index in [4.69, 9.17) is 4.74 Å². The molecule has 1 rings (SSSR count). The number of rotatable bonds is 6. The second-order valence-corrected chi connectivity index (χ2v) is 4.35. The molecule has 1 aliphatic rings. The number of ether oxygens (including phenoxy) is 1. The summed E-state index contributed by atoms with van der Waals surface area (Å²) in [7, 11) is 0. The summed E-state index contributed by atoms with van der Waals surface area (Å²) in [6.07, 6.45) is 0. The molecule has 0 spiro atoms. The van der Waals surface area contributed by atoms with E-state index in [-0.39, 0.29) is 11.9 Å². The van der Waals surface area contributed by atoms with Crippen LogP contribution in [0, 0.1) is 0 Å². The molecule has 0 unspecified atom stereocenters. The molecule has 94 valence electrons. The highest BCUT2D eigenvalue weighted by Crippen LogP contribution is 1.94. The van der Waals surface area contributed by atoms with Gasteiger partial charge in [0.05, 0.1) is 19.8 Å². The molecular weight excluding hydrogens is 206 g/mol. The van der Waals surface area contributed by atoms with Gasteiger partial charge < -0.3 is 15.4 Å². The van der Waals surface area contributed by atoms with E-state index in [9.17, 15) is 4.79 Å². The molecule has 2 N–H and O–H groups in total. The van der Waals surface area contributed by atoms with Gasteiger partial charge in [0.15, 0.2) is 0 Å². The van der Waals surface area contributed by atoms with Gasteiger partial charge in [0.1, 0.15) is 0 Å². The Morgan fingerprint density at radius 1 is 1.38 bits per heavy atom. The second-order valence-electron chi connectivity index (χ2n) is 4.35. The highest BCUT2D eigenvalue weighted by Gasteiger charge is 2.09. The van der Waals surface area contributed by atoms with Gasteiger partial charge in [-0.15, -0.1) is 0 Å². The van der Waals surface area contributed by atoms with Gasteiger partial charge in [-0.05, 0) is 13.8 Å². The molecule has 1 fully saturated rings. The zero-order chi connectivity index (χ0) is 11.8. The number of hydrogen-bond acceptors (Lipinski definition) is 4. The van der Waals surface area contributed by atoms with E-state index in [1.165, 1.54) is 0 Å². The third-order valence-corrected chi connectivity index (χ3v) is 2.44. The molecule has 0 aliphatic carbocycles. The normalized spacial score (nSPS) is 17.7. The lowest BCUT2D eigenvalue weighted by Gasteiger charge is -2.26. The maximum Gasteiger partial charge on any atom is 0.234 e. The van der Waals surface area contributed by atoms with Crippen molar-refractivity contribution in [3.8, 4) is 0 Å². The lowest BCUT2D eigenvalue weighted by molar-refractivity contribution is -0.120. The molecule has 0 aromatic rings. The number of hydrogen-bond donors (Lipinski definition) is 2. The number of nitrogens with one attached hydrogen (secondary N) is 2. The summed E-state index contributed by atoms with van der Waals surface area (Å²) in [5.74, 6) is 0.0666. The van der Waals surface area contributed by atoms with E-state index in [1.54, 1.807) is 0 Å². The van der Waals surface area contributed by atoms with E-state index < -0.39 is 0 Å². The van der Waals surface area contributed by atoms with Gasteiger partial charge in [0.2, 0.25) is 5.91 Å². The van der Waals surface area contributed by atoms with Crippen molar-refractivity contribution >= 4 is 5.91 Å². The average Bonchev–Trinajstić information content (AvgIpc) is 2.25. The molecule has 1 saturated heterocycles. The van der Waals surface area contributed by atoms with Crippen molar-refractivity contribution in [1.82, 2.24) is 15.5 Å². The van der Waals surface area contributed by atoms with Crippen molar-refractivity contribution in [2.24, 2.45) is 0 Å². The fraction of sp³-hybridized carbons (Fsp3) is 0.909. The molecule has 0 saturated carbocycles. The Morgan fingerprint density at radius 3 is 2.69 bits per heavy atom.